The fraction of sp³-hybridized carbons (Fsp3) is 0.154. The van der Waals surface area contributed by atoms with Crippen molar-refractivity contribution in [2.45, 2.75) is 6.92 Å². The van der Waals surface area contributed by atoms with Gasteiger partial charge in [0.15, 0.2) is 0 Å². The van der Waals surface area contributed by atoms with Crippen LogP contribution >= 0.6 is 0 Å². The Labute approximate surface area is 98.8 Å². The SMILES string of the molecule is CCONC(=O)c1ccc2ccccc2c1O. The summed E-state index contributed by atoms with van der Waals surface area (Å²) >= 11 is 0. The number of benzene rings is 2. The minimum absolute atomic E-state index is 0.0275. The van der Waals surface area contributed by atoms with Gasteiger partial charge in [-0.25, -0.2) is 5.48 Å². The number of carbonyl (C=O) groups excluding carboxylic acids is 1. The molecule has 0 aliphatic rings. The number of phenols is 1. The number of aromatic hydroxyl groups is 1. The third kappa shape index (κ3) is 2.21. The lowest BCUT2D eigenvalue weighted by atomic mass is 10.1. The van der Waals surface area contributed by atoms with Crippen LogP contribution in [0.15, 0.2) is 36.4 Å². The first-order valence-corrected chi connectivity index (χ1v) is 5.37. The minimum atomic E-state index is -0.449. The van der Waals surface area contributed by atoms with Gasteiger partial charge in [-0.3, -0.25) is 9.63 Å². The Morgan fingerprint density at radius 3 is 2.82 bits per heavy atom. The van der Waals surface area contributed by atoms with E-state index < -0.39 is 5.91 Å². The van der Waals surface area contributed by atoms with E-state index in [0.29, 0.717) is 12.0 Å². The summed E-state index contributed by atoms with van der Waals surface area (Å²) in [5.41, 5.74) is 2.46. The molecule has 0 unspecified atom stereocenters. The second-order valence-corrected chi connectivity index (χ2v) is 3.55. The lowest BCUT2D eigenvalue weighted by molar-refractivity contribution is 0.0362. The molecule has 1 amide bonds. The topological polar surface area (TPSA) is 58.6 Å². The van der Waals surface area contributed by atoms with Crippen LogP contribution in [0.4, 0.5) is 0 Å². The second-order valence-electron chi connectivity index (χ2n) is 3.55. The van der Waals surface area contributed by atoms with Crippen LogP contribution in [0.5, 0.6) is 5.75 Å². The second kappa shape index (κ2) is 4.84. The Bertz CT molecular complexity index is 551. The van der Waals surface area contributed by atoms with E-state index in [1.807, 2.05) is 18.2 Å². The molecule has 88 valence electrons. The third-order valence-electron chi connectivity index (χ3n) is 2.45. The van der Waals surface area contributed by atoms with Crippen molar-refractivity contribution in [1.29, 1.82) is 0 Å². The fourth-order valence-electron chi connectivity index (χ4n) is 1.63. The predicted molar refractivity (Wildman–Crippen MR) is 64.7 cm³/mol. The Balaban J connectivity index is 2.42. The van der Waals surface area contributed by atoms with Crippen molar-refractivity contribution in [2.75, 3.05) is 6.61 Å². The van der Waals surface area contributed by atoms with Crippen LogP contribution in [0.1, 0.15) is 17.3 Å². The molecular formula is C13H13NO3. The van der Waals surface area contributed by atoms with Gasteiger partial charge in [-0.2, -0.15) is 0 Å². The molecule has 0 heterocycles. The predicted octanol–water partition coefficient (Wildman–Crippen LogP) is 2.23. The third-order valence-corrected chi connectivity index (χ3v) is 2.45. The number of nitrogens with one attached hydrogen (secondary N) is 1. The summed E-state index contributed by atoms with van der Waals surface area (Å²) in [6.07, 6.45) is 0. The van der Waals surface area contributed by atoms with Crippen molar-refractivity contribution in [3.05, 3.63) is 42.0 Å². The summed E-state index contributed by atoms with van der Waals surface area (Å²) < 4.78 is 0. The highest BCUT2D eigenvalue weighted by molar-refractivity contribution is 6.03. The van der Waals surface area contributed by atoms with Gasteiger partial charge in [0.05, 0.1) is 12.2 Å². The van der Waals surface area contributed by atoms with E-state index >= 15 is 0 Å². The van der Waals surface area contributed by atoms with Crippen LogP contribution < -0.4 is 5.48 Å². The standard InChI is InChI=1S/C13H13NO3/c1-2-17-14-13(16)11-8-7-9-5-3-4-6-10(9)12(11)15/h3-8,15H,2H2,1H3,(H,14,16). The van der Waals surface area contributed by atoms with Gasteiger partial charge < -0.3 is 5.11 Å². The maximum atomic E-state index is 11.7. The first-order valence-electron chi connectivity index (χ1n) is 5.37. The van der Waals surface area contributed by atoms with Gasteiger partial charge in [0.1, 0.15) is 5.75 Å². The van der Waals surface area contributed by atoms with Crippen molar-refractivity contribution >= 4 is 16.7 Å². The quantitative estimate of drug-likeness (QED) is 0.796. The van der Waals surface area contributed by atoms with E-state index in [-0.39, 0.29) is 11.3 Å². The molecule has 2 N–H and O–H groups in total. The average Bonchev–Trinajstić information content (AvgIpc) is 2.37. The van der Waals surface area contributed by atoms with Crippen molar-refractivity contribution in [3.8, 4) is 5.75 Å². The monoisotopic (exact) mass is 231 g/mol. The Morgan fingerprint density at radius 2 is 2.06 bits per heavy atom. The summed E-state index contributed by atoms with van der Waals surface area (Å²) in [5, 5.41) is 11.5. The summed E-state index contributed by atoms with van der Waals surface area (Å²) in [7, 11) is 0. The number of hydroxylamine groups is 1. The summed E-state index contributed by atoms with van der Waals surface area (Å²) in [4.78, 5) is 16.5. The molecule has 2 aromatic carbocycles. The number of carbonyl (C=O) groups is 1. The number of phenolic OH excluding ortho intramolecular Hbond substituents is 1. The Morgan fingerprint density at radius 1 is 1.29 bits per heavy atom. The van der Waals surface area contributed by atoms with E-state index in [1.54, 1.807) is 25.1 Å². The van der Waals surface area contributed by atoms with Crippen LogP contribution in [0.2, 0.25) is 0 Å². The van der Waals surface area contributed by atoms with Gasteiger partial charge in [0, 0.05) is 5.39 Å². The highest BCUT2D eigenvalue weighted by Crippen LogP contribution is 2.28. The van der Waals surface area contributed by atoms with Crippen molar-refractivity contribution in [2.24, 2.45) is 0 Å². The van der Waals surface area contributed by atoms with Crippen LogP contribution in [0.25, 0.3) is 10.8 Å². The average molecular weight is 231 g/mol. The van der Waals surface area contributed by atoms with E-state index in [4.69, 9.17) is 4.84 Å². The van der Waals surface area contributed by atoms with E-state index in [9.17, 15) is 9.90 Å². The van der Waals surface area contributed by atoms with Crippen molar-refractivity contribution < 1.29 is 14.7 Å². The first-order chi connectivity index (χ1) is 8.24. The number of amides is 1. The molecule has 17 heavy (non-hydrogen) atoms. The summed E-state index contributed by atoms with van der Waals surface area (Å²) in [5.74, 6) is -0.476. The van der Waals surface area contributed by atoms with Crippen LogP contribution in [-0.4, -0.2) is 17.6 Å². The lowest BCUT2D eigenvalue weighted by Gasteiger charge is -2.08. The van der Waals surface area contributed by atoms with E-state index in [2.05, 4.69) is 5.48 Å². The van der Waals surface area contributed by atoms with Gasteiger partial charge in [0.25, 0.3) is 5.91 Å². The summed E-state index contributed by atoms with van der Waals surface area (Å²) in [6, 6.07) is 10.7. The van der Waals surface area contributed by atoms with Gasteiger partial charge in [-0.1, -0.05) is 30.3 Å². The number of fused-ring (bicyclic) bond motifs is 1. The minimum Gasteiger partial charge on any atom is -0.506 e. The molecule has 0 saturated carbocycles. The molecule has 2 rings (SSSR count). The smallest absolute Gasteiger partial charge is 0.278 e. The molecule has 0 radical (unpaired) electrons. The lowest BCUT2D eigenvalue weighted by Crippen LogP contribution is -2.23. The molecule has 0 aromatic heterocycles. The van der Waals surface area contributed by atoms with Crippen molar-refractivity contribution in [1.82, 2.24) is 5.48 Å². The molecule has 4 nitrogen and oxygen atoms in total. The zero-order valence-corrected chi connectivity index (χ0v) is 9.43. The summed E-state index contributed by atoms with van der Waals surface area (Å²) in [6.45, 7) is 2.14. The molecule has 4 heteroatoms. The molecular weight excluding hydrogens is 218 g/mol. The number of rotatable bonds is 3. The van der Waals surface area contributed by atoms with E-state index in [0.717, 1.165) is 5.39 Å². The fourth-order valence-corrected chi connectivity index (χ4v) is 1.63. The molecule has 0 bridgehead atoms. The zero-order chi connectivity index (χ0) is 12.3. The molecule has 0 fully saturated rings. The van der Waals surface area contributed by atoms with Crippen LogP contribution in [0, 0.1) is 0 Å². The van der Waals surface area contributed by atoms with Gasteiger partial charge in [0.2, 0.25) is 0 Å². The normalized spacial score (nSPS) is 10.4. The van der Waals surface area contributed by atoms with Gasteiger partial charge >= 0.3 is 0 Å². The van der Waals surface area contributed by atoms with Crippen LogP contribution in [-0.2, 0) is 4.84 Å². The maximum absolute atomic E-state index is 11.7. The largest absolute Gasteiger partial charge is 0.506 e. The van der Waals surface area contributed by atoms with E-state index in [1.165, 1.54) is 0 Å². The Hall–Kier alpha value is -2.07. The highest BCUT2D eigenvalue weighted by Gasteiger charge is 2.13. The van der Waals surface area contributed by atoms with Crippen molar-refractivity contribution in [3.63, 3.8) is 0 Å². The first kappa shape index (κ1) is 11.4. The molecule has 2 aromatic rings. The zero-order valence-electron chi connectivity index (χ0n) is 9.43. The van der Waals surface area contributed by atoms with Gasteiger partial charge in [-0.15, -0.1) is 0 Å². The molecule has 0 spiro atoms. The molecule has 0 aliphatic heterocycles. The van der Waals surface area contributed by atoms with Gasteiger partial charge in [-0.05, 0) is 18.4 Å². The molecule has 0 aliphatic carbocycles. The van der Waals surface area contributed by atoms with Crippen LogP contribution in [0.3, 0.4) is 0 Å². The highest BCUT2D eigenvalue weighted by atomic mass is 16.6. The molecule has 0 atom stereocenters. The Kier molecular flexibility index (Phi) is 3.25. The number of hydrogen-bond donors (Lipinski definition) is 2. The maximum Gasteiger partial charge on any atom is 0.278 e. The number of hydrogen-bond acceptors (Lipinski definition) is 3. The molecule has 0 saturated heterocycles.